The van der Waals surface area contributed by atoms with Crippen LogP contribution in [0.15, 0.2) is 0 Å². The molecule has 2 aliphatic heterocycles. The molecule has 0 aromatic heterocycles. The first-order valence-corrected chi connectivity index (χ1v) is 7.96. The predicted molar refractivity (Wildman–Crippen MR) is 76.4 cm³/mol. The summed E-state index contributed by atoms with van der Waals surface area (Å²) >= 11 is 0. The maximum atomic E-state index is 12.8. The van der Waals surface area contributed by atoms with Gasteiger partial charge in [-0.25, -0.2) is 4.79 Å². The summed E-state index contributed by atoms with van der Waals surface area (Å²) in [5.41, 5.74) is -0.979. The Balaban J connectivity index is 1.77. The topological polar surface area (TPSA) is 69.7 Å². The molecular formula is C15H23N3O3. The zero-order valence-corrected chi connectivity index (χ0v) is 12.6. The van der Waals surface area contributed by atoms with Crippen LogP contribution in [0.2, 0.25) is 0 Å². The van der Waals surface area contributed by atoms with Crippen molar-refractivity contribution in [3.63, 3.8) is 0 Å². The van der Waals surface area contributed by atoms with Crippen molar-refractivity contribution >= 4 is 17.8 Å². The van der Waals surface area contributed by atoms with Gasteiger partial charge in [0.05, 0.1) is 6.04 Å². The molecule has 1 unspecified atom stereocenters. The Morgan fingerprint density at radius 1 is 1.10 bits per heavy atom. The van der Waals surface area contributed by atoms with Gasteiger partial charge in [0.15, 0.2) is 0 Å². The number of nitrogens with one attached hydrogen (secondary N) is 1. The normalized spacial score (nSPS) is 27.5. The van der Waals surface area contributed by atoms with Crippen molar-refractivity contribution in [2.45, 2.75) is 51.5 Å². The second kappa shape index (κ2) is 5.40. The van der Waals surface area contributed by atoms with Gasteiger partial charge in [-0.05, 0) is 45.7 Å². The highest BCUT2D eigenvalue weighted by Gasteiger charge is 2.55. The summed E-state index contributed by atoms with van der Waals surface area (Å²) in [4.78, 5) is 40.7. The summed E-state index contributed by atoms with van der Waals surface area (Å²) in [7, 11) is 0. The number of barbiturate groups is 1. The van der Waals surface area contributed by atoms with Gasteiger partial charge in [0.2, 0.25) is 11.8 Å². The second-order valence-electron chi connectivity index (χ2n) is 6.58. The van der Waals surface area contributed by atoms with Crippen LogP contribution in [-0.4, -0.2) is 53.3 Å². The maximum Gasteiger partial charge on any atom is 0.331 e. The molecule has 0 aromatic carbocycles. The highest BCUT2D eigenvalue weighted by molar-refractivity contribution is 6.19. The molecule has 4 amide bonds. The number of imide groups is 2. The standard InChI is InChI=1S/C15H23N3O3/c1-11(10-17-8-4-5-9-17)18-13(20)15(6-2-3-7-15)12(19)16-14(18)21/h11H,2-10H2,1H3,(H,16,19,21). The molecular weight excluding hydrogens is 270 g/mol. The third-order valence-electron chi connectivity index (χ3n) is 5.12. The number of hydrogen-bond acceptors (Lipinski definition) is 4. The SMILES string of the molecule is CC(CN1CCCC1)N1C(=O)NC(=O)C2(CCCC2)C1=O. The highest BCUT2D eigenvalue weighted by atomic mass is 16.2. The Labute approximate surface area is 124 Å². The number of hydrogen-bond donors (Lipinski definition) is 1. The number of likely N-dealkylation sites (tertiary alicyclic amines) is 1. The van der Waals surface area contributed by atoms with Gasteiger partial charge < -0.3 is 4.90 Å². The first-order valence-electron chi connectivity index (χ1n) is 7.96. The van der Waals surface area contributed by atoms with Crippen LogP contribution in [-0.2, 0) is 9.59 Å². The molecule has 6 heteroatoms. The average molecular weight is 293 g/mol. The number of nitrogens with zero attached hydrogens (tertiary/aromatic N) is 2. The fourth-order valence-corrected chi connectivity index (χ4v) is 3.94. The molecule has 2 heterocycles. The predicted octanol–water partition coefficient (Wildman–Crippen LogP) is 1.11. The number of rotatable bonds is 3. The summed E-state index contributed by atoms with van der Waals surface area (Å²) in [5.74, 6) is -0.667. The largest absolute Gasteiger partial charge is 0.331 e. The molecule has 21 heavy (non-hydrogen) atoms. The molecule has 1 saturated carbocycles. The summed E-state index contributed by atoms with van der Waals surface area (Å²) in [5, 5.41) is 2.41. The van der Waals surface area contributed by atoms with Crippen LogP contribution in [0.4, 0.5) is 4.79 Å². The molecule has 1 aliphatic carbocycles. The minimum absolute atomic E-state index is 0.193. The lowest BCUT2D eigenvalue weighted by molar-refractivity contribution is -0.152. The summed E-state index contributed by atoms with van der Waals surface area (Å²) < 4.78 is 0. The Hall–Kier alpha value is -1.43. The Kier molecular flexibility index (Phi) is 3.73. The van der Waals surface area contributed by atoms with E-state index in [0.29, 0.717) is 19.4 Å². The highest BCUT2D eigenvalue weighted by Crippen LogP contribution is 2.42. The fraction of sp³-hybridized carbons (Fsp3) is 0.800. The van der Waals surface area contributed by atoms with Crippen LogP contribution in [0.25, 0.3) is 0 Å². The average Bonchev–Trinajstić information content (AvgIpc) is 3.08. The Morgan fingerprint density at radius 2 is 1.71 bits per heavy atom. The van der Waals surface area contributed by atoms with Gasteiger partial charge in [0.25, 0.3) is 0 Å². The summed E-state index contributed by atoms with van der Waals surface area (Å²) in [6.07, 6.45) is 5.24. The summed E-state index contributed by atoms with van der Waals surface area (Å²) in [6, 6.07) is -0.740. The van der Waals surface area contributed by atoms with E-state index in [0.717, 1.165) is 25.9 Å². The van der Waals surface area contributed by atoms with Gasteiger partial charge in [-0.1, -0.05) is 12.8 Å². The second-order valence-corrected chi connectivity index (χ2v) is 6.58. The van der Waals surface area contributed by atoms with Gasteiger partial charge in [0, 0.05) is 6.54 Å². The molecule has 116 valence electrons. The lowest BCUT2D eigenvalue weighted by atomic mass is 9.81. The molecule has 6 nitrogen and oxygen atoms in total. The monoisotopic (exact) mass is 293 g/mol. The molecule has 3 fully saturated rings. The van der Waals surface area contributed by atoms with Gasteiger partial charge >= 0.3 is 6.03 Å². The van der Waals surface area contributed by atoms with E-state index in [1.807, 2.05) is 6.92 Å². The molecule has 0 radical (unpaired) electrons. The Morgan fingerprint density at radius 3 is 2.33 bits per heavy atom. The molecule has 1 N–H and O–H groups in total. The first-order chi connectivity index (χ1) is 10.0. The first kappa shape index (κ1) is 14.5. The minimum Gasteiger partial charge on any atom is -0.301 e. The zero-order chi connectivity index (χ0) is 15.0. The van der Waals surface area contributed by atoms with Crippen molar-refractivity contribution < 1.29 is 14.4 Å². The zero-order valence-electron chi connectivity index (χ0n) is 12.6. The molecule has 3 aliphatic rings. The van der Waals surface area contributed by atoms with Crippen molar-refractivity contribution in [3.8, 4) is 0 Å². The van der Waals surface area contributed by atoms with E-state index in [4.69, 9.17) is 0 Å². The van der Waals surface area contributed by atoms with Crippen molar-refractivity contribution in [1.29, 1.82) is 0 Å². The van der Waals surface area contributed by atoms with Crippen molar-refractivity contribution in [1.82, 2.24) is 15.1 Å². The molecule has 2 saturated heterocycles. The smallest absolute Gasteiger partial charge is 0.301 e. The van der Waals surface area contributed by atoms with Crippen molar-refractivity contribution in [3.05, 3.63) is 0 Å². The quantitative estimate of drug-likeness (QED) is 0.791. The van der Waals surface area contributed by atoms with Gasteiger partial charge in [-0.2, -0.15) is 0 Å². The van der Waals surface area contributed by atoms with E-state index in [-0.39, 0.29) is 17.9 Å². The molecule has 1 spiro atoms. The number of carbonyl (C=O) groups excluding carboxylic acids is 3. The molecule has 3 rings (SSSR count). The molecule has 1 atom stereocenters. The molecule has 0 bridgehead atoms. The molecule has 0 aromatic rings. The number of carbonyl (C=O) groups is 3. The lowest BCUT2D eigenvalue weighted by Gasteiger charge is -2.40. The van der Waals surface area contributed by atoms with E-state index < -0.39 is 11.4 Å². The fourth-order valence-electron chi connectivity index (χ4n) is 3.94. The number of urea groups is 1. The van der Waals surface area contributed by atoms with Crippen LogP contribution in [0.3, 0.4) is 0 Å². The van der Waals surface area contributed by atoms with Crippen LogP contribution in [0, 0.1) is 5.41 Å². The summed E-state index contributed by atoms with van der Waals surface area (Å²) in [6.45, 7) is 4.65. The van der Waals surface area contributed by atoms with Crippen molar-refractivity contribution in [2.75, 3.05) is 19.6 Å². The van der Waals surface area contributed by atoms with Gasteiger partial charge in [0.1, 0.15) is 5.41 Å². The van der Waals surface area contributed by atoms with E-state index in [1.54, 1.807) is 0 Å². The van der Waals surface area contributed by atoms with E-state index in [1.165, 1.54) is 17.7 Å². The van der Waals surface area contributed by atoms with E-state index in [9.17, 15) is 14.4 Å². The third-order valence-corrected chi connectivity index (χ3v) is 5.12. The van der Waals surface area contributed by atoms with Crippen LogP contribution < -0.4 is 5.32 Å². The van der Waals surface area contributed by atoms with Gasteiger partial charge in [-0.3, -0.25) is 19.8 Å². The van der Waals surface area contributed by atoms with Gasteiger partial charge in [-0.15, -0.1) is 0 Å². The van der Waals surface area contributed by atoms with Crippen molar-refractivity contribution in [2.24, 2.45) is 5.41 Å². The van der Waals surface area contributed by atoms with Crippen LogP contribution in [0.5, 0.6) is 0 Å². The van der Waals surface area contributed by atoms with E-state index in [2.05, 4.69) is 10.2 Å². The Bertz CT molecular complexity index is 465. The lowest BCUT2D eigenvalue weighted by Crippen LogP contribution is -2.66. The van der Waals surface area contributed by atoms with Crippen LogP contribution >= 0.6 is 0 Å². The number of amides is 4. The maximum absolute atomic E-state index is 12.8. The third kappa shape index (κ3) is 2.35. The minimum atomic E-state index is -0.979. The van der Waals surface area contributed by atoms with Crippen LogP contribution in [0.1, 0.15) is 45.4 Å². The van der Waals surface area contributed by atoms with E-state index >= 15 is 0 Å².